The van der Waals surface area contributed by atoms with Crippen molar-refractivity contribution in [2.24, 2.45) is 0 Å². The Morgan fingerprint density at radius 3 is 2.94 bits per heavy atom. The maximum absolute atomic E-state index is 11.4. The Kier molecular flexibility index (Phi) is 2.99. The number of aliphatic hydroxyl groups excluding tert-OH is 2. The number of aromatic nitrogens is 3. The second-order valence-corrected chi connectivity index (χ2v) is 3.78. The van der Waals surface area contributed by atoms with Crippen LogP contribution in [0, 0.1) is 0 Å². The number of nitrogens with one attached hydrogen (secondary N) is 1. The Balaban J connectivity index is 2.47. The summed E-state index contributed by atoms with van der Waals surface area (Å²) in [6.45, 7) is 0. The average molecular weight is 241 g/mol. The lowest BCUT2D eigenvalue weighted by Crippen LogP contribution is -2.19. The SMILES string of the molecule is O=c1[nH]cnn2cc(C(O)C(O)CS)cc12. The van der Waals surface area contributed by atoms with Gasteiger partial charge in [0.05, 0.1) is 6.10 Å². The number of H-pyrrole nitrogens is 1. The summed E-state index contributed by atoms with van der Waals surface area (Å²) in [7, 11) is 0. The molecule has 6 nitrogen and oxygen atoms in total. The Morgan fingerprint density at radius 2 is 2.31 bits per heavy atom. The third-order valence-electron chi connectivity index (χ3n) is 2.33. The van der Waals surface area contributed by atoms with Crippen molar-refractivity contribution < 1.29 is 10.2 Å². The van der Waals surface area contributed by atoms with Gasteiger partial charge in [0.2, 0.25) is 0 Å². The molecule has 2 heterocycles. The quantitative estimate of drug-likeness (QED) is 0.537. The van der Waals surface area contributed by atoms with E-state index in [0.717, 1.165) is 0 Å². The number of hydrogen-bond acceptors (Lipinski definition) is 5. The zero-order valence-electron chi connectivity index (χ0n) is 8.24. The van der Waals surface area contributed by atoms with Crippen LogP contribution in [0.25, 0.3) is 5.52 Å². The molecule has 0 aromatic carbocycles. The molecule has 2 aromatic heterocycles. The predicted octanol–water partition coefficient (Wildman–Crippen LogP) is -0.653. The molecule has 0 aliphatic rings. The summed E-state index contributed by atoms with van der Waals surface area (Å²) in [5.41, 5.74) is 0.461. The van der Waals surface area contributed by atoms with Crippen molar-refractivity contribution in [1.29, 1.82) is 0 Å². The van der Waals surface area contributed by atoms with Crippen molar-refractivity contribution in [2.45, 2.75) is 12.2 Å². The van der Waals surface area contributed by atoms with Crippen LogP contribution in [0.2, 0.25) is 0 Å². The molecule has 0 saturated heterocycles. The Bertz CT molecular complexity index is 550. The molecule has 0 bridgehead atoms. The molecule has 0 radical (unpaired) electrons. The molecule has 86 valence electrons. The van der Waals surface area contributed by atoms with Gasteiger partial charge in [0, 0.05) is 17.5 Å². The van der Waals surface area contributed by atoms with Crippen LogP contribution in [-0.2, 0) is 0 Å². The normalized spacial score (nSPS) is 15.2. The zero-order chi connectivity index (χ0) is 11.7. The van der Waals surface area contributed by atoms with E-state index in [1.54, 1.807) is 0 Å². The molecule has 2 aromatic rings. The molecule has 2 unspecified atom stereocenters. The van der Waals surface area contributed by atoms with Gasteiger partial charge >= 0.3 is 0 Å². The van der Waals surface area contributed by atoms with Crippen molar-refractivity contribution in [1.82, 2.24) is 14.6 Å². The van der Waals surface area contributed by atoms with Crippen LogP contribution in [-0.4, -0.2) is 36.7 Å². The van der Waals surface area contributed by atoms with Gasteiger partial charge in [-0.2, -0.15) is 17.7 Å². The molecule has 7 heteroatoms. The molecule has 0 amide bonds. The van der Waals surface area contributed by atoms with Crippen molar-refractivity contribution in [2.75, 3.05) is 5.75 Å². The molecule has 2 rings (SSSR count). The number of thiol groups is 1. The topological polar surface area (TPSA) is 90.6 Å². The molecule has 2 atom stereocenters. The lowest BCUT2D eigenvalue weighted by Gasteiger charge is -2.13. The summed E-state index contributed by atoms with van der Waals surface area (Å²) >= 11 is 3.89. The van der Waals surface area contributed by atoms with E-state index in [0.29, 0.717) is 11.1 Å². The molecule has 16 heavy (non-hydrogen) atoms. The van der Waals surface area contributed by atoms with Gasteiger partial charge in [0.25, 0.3) is 5.56 Å². The van der Waals surface area contributed by atoms with Crippen molar-refractivity contribution in [3.8, 4) is 0 Å². The van der Waals surface area contributed by atoms with Crippen LogP contribution in [0.4, 0.5) is 0 Å². The van der Waals surface area contributed by atoms with Crippen molar-refractivity contribution >= 4 is 18.1 Å². The molecule has 0 fully saturated rings. The highest BCUT2D eigenvalue weighted by Crippen LogP contribution is 2.18. The van der Waals surface area contributed by atoms with E-state index >= 15 is 0 Å². The second-order valence-electron chi connectivity index (χ2n) is 3.42. The number of nitrogens with zero attached hydrogens (tertiary/aromatic N) is 2. The van der Waals surface area contributed by atoms with E-state index in [9.17, 15) is 15.0 Å². The van der Waals surface area contributed by atoms with Crippen LogP contribution in [0.3, 0.4) is 0 Å². The van der Waals surface area contributed by atoms with Crippen LogP contribution >= 0.6 is 12.6 Å². The fourth-order valence-electron chi connectivity index (χ4n) is 1.44. The molecule has 3 N–H and O–H groups in total. The lowest BCUT2D eigenvalue weighted by atomic mass is 10.1. The first-order chi connectivity index (χ1) is 7.63. The minimum Gasteiger partial charge on any atom is -0.389 e. The summed E-state index contributed by atoms with van der Waals surface area (Å²) in [6.07, 6.45) is 0.723. The van der Waals surface area contributed by atoms with E-state index in [1.807, 2.05) is 0 Å². The summed E-state index contributed by atoms with van der Waals surface area (Å²) < 4.78 is 1.35. The van der Waals surface area contributed by atoms with Gasteiger partial charge in [0.1, 0.15) is 17.9 Å². The van der Waals surface area contributed by atoms with E-state index in [-0.39, 0.29) is 11.3 Å². The number of rotatable bonds is 3. The number of aliphatic hydroxyl groups is 2. The minimum atomic E-state index is -1.07. The molecule has 0 spiro atoms. The predicted molar refractivity (Wildman–Crippen MR) is 60.6 cm³/mol. The van der Waals surface area contributed by atoms with Crippen LogP contribution in [0.5, 0.6) is 0 Å². The smallest absolute Gasteiger partial charge is 0.275 e. The lowest BCUT2D eigenvalue weighted by molar-refractivity contribution is 0.0338. The van der Waals surface area contributed by atoms with Crippen molar-refractivity contribution in [3.05, 3.63) is 34.5 Å². The Hall–Kier alpha value is -1.31. The maximum atomic E-state index is 11.4. The molecule has 0 aliphatic carbocycles. The van der Waals surface area contributed by atoms with Crippen molar-refractivity contribution in [3.63, 3.8) is 0 Å². The number of aromatic amines is 1. The van der Waals surface area contributed by atoms with Gasteiger partial charge in [0.15, 0.2) is 0 Å². The zero-order valence-corrected chi connectivity index (χ0v) is 9.13. The highest BCUT2D eigenvalue weighted by molar-refractivity contribution is 7.80. The first kappa shape index (κ1) is 11.2. The summed E-state index contributed by atoms with van der Waals surface area (Å²) in [4.78, 5) is 13.8. The highest BCUT2D eigenvalue weighted by atomic mass is 32.1. The summed E-state index contributed by atoms with van der Waals surface area (Å²) in [5, 5.41) is 23.0. The molecular weight excluding hydrogens is 230 g/mol. The van der Waals surface area contributed by atoms with E-state index in [2.05, 4.69) is 22.7 Å². The largest absolute Gasteiger partial charge is 0.389 e. The fourth-order valence-corrected chi connectivity index (χ4v) is 1.64. The maximum Gasteiger partial charge on any atom is 0.275 e. The summed E-state index contributed by atoms with van der Waals surface area (Å²) in [6, 6.07) is 1.49. The number of fused-ring (bicyclic) bond motifs is 1. The standard InChI is InChI=1S/C9H11N3O3S/c13-7(3-16)8(14)5-1-6-9(15)10-4-11-12(6)2-5/h1-2,4,7-8,13-14,16H,3H2,(H,10,11,15). The van der Waals surface area contributed by atoms with Gasteiger partial charge in [-0.05, 0) is 6.07 Å². The molecule has 0 aliphatic heterocycles. The van der Waals surface area contributed by atoms with E-state index in [1.165, 1.54) is 23.1 Å². The average Bonchev–Trinajstić information content (AvgIpc) is 2.72. The van der Waals surface area contributed by atoms with E-state index < -0.39 is 12.2 Å². The van der Waals surface area contributed by atoms with Crippen LogP contribution < -0.4 is 5.56 Å². The number of hydrogen-bond donors (Lipinski definition) is 4. The first-order valence-electron chi connectivity index (χ1n) is 4.66. The third kappa shape index (κ3) is 1.84. The highest BCUT2D eigenvalue weighted by Gasteiger charge is 2.19. The monoisotopic (exact) mass is 241 g/mol. The second kappa shape index (κ2) is 4.28. The molecular formula is C9H11N3O3S. The van der Waals surface area contributed by atoms with E-state index in [4.69, 9.17) is 0 Å². The summed E-state index contributed by atoms with van der Waals surface area (Å²) in [5.74, 6) is 0.136. The minimum absolute atomic E-state index is 0.136. The fraction of sp³-hybridized carbons (Fsp3) is 0.333. The Labute approximate surface area is 96.0 Å². The van der Waals surface area contributed by atoms with Gasteiger partial charge in [-0.25, -0.2) is 4.52 Å². The van der Waals surface area contributed by atoms with Gasteiger partial charge in [-0.1, -0.05) is 0 Å². The third-order valence-corrected chi connectivity index (χ3v) is 2.70. The van der Waals surface area contributed by atoms with Gasteiger partial charge in [-0.3, -0.25) is 4.79 Å². The molecule has 0 saturated carbocycles. The van der Waals surface area contributed by atoms with Crippen LogP contribution in [0.1, 0.15) is 11.7 Å². The van der Waals surface area contributed by atoms with Gasteiger partial charge in [-0.15, -0.1) is 0 Å². The Morgan fingerprint density at radius 1 is 1.56 bits per heavy atom. The first-order valence-corrected chi connectivity index (χ1v) is 5.29. The van der Waals surface area contributed by atoms with Crippen LogP contribution in [0.15, 0.2) is 23.4 Å². The van der Waals surface area contributed by atoms with Gasteiger partial charge < -0.3 is 15.2 Å².